The molecule has 1 aromatic rings. The molecule has 0 amide bonds. The molecular formula is C11H14BrN3O3. The molecule has 0 atom stereocenters. The second kappa shape index (κ2) is 5.01. The van der Waals surface area contributed by atoms with Gasteiger partial charge in [0.25, 0.3) is 0 Å². The van der Waals surface area contributed by atoms with Gasteiger partial charge in [0.2, 0.25) is 0 Å². The molecule has 0 aliphatic carbocycles. The van der Waals surface area contributed by atoms with Crippen molar-refractivity contribution in [3.8, 4) is 0 Å². The zero-order valence-corrected chi connectivity index (χ0v) is 11.8. The topological polar surface area (TPSA) is 67.3 Å². The summed E-state index contributed by atoms with van der Waals surface area (Å²) in [6.07, 6.45) is 1.85. The Morgan fingerprint density at radius 2 is 2.33 bits per heavy atom. The molecule has 0 fully saturated rings. The van der Waals surface area contributed by atoms with E-state index in [0.717, 1.165) is 4.48 Å². The van der Waals surface area contributed by atoms with Crippen LogP contribution in [0.4, 0.5) is 5.82 Å². The van der Waals surface area contributed by atoms with Crippen LogP contribution in [-0.2, 0) is 16.1 Å². The number of likely N-dealkylation sites (N-methyl/N-ethyl adjacent to an activating group) is 1. The van der Waals surface area contributed by atoms with E-state index >= 15 is 0 Å². The monoisotopic (exact) mass is 315 g/mol. The lowest BCUT2D eigenvalue weighted by Crippen LogP contribution is -2.30. The number of carbonyl (C=O) groups excluding carboxylic acids is 1. The summed E-state index contributed by atoms with van der Waals surface area (Å²) in [5, 5.41) is 0. The maximum Gasteiger partial charge on any atom is 0.328 e. The summed E-state index contributed by atoms with van der Waals surface area (Å²) in [6, 6.07) is 0. The number of esters is 1. The molecule has 0 saturated carbocycles. The van der Waals surface area contributed by atoms with Crippen LogP contribution in [-0.4, -0.2) is 35.7 Å². The highest BCUT2D eigenvalue weighted by Gasteiger charge is 2.22. The van der Waals surface area contributed by atoms with Crippen LogP contribution in [0.5, 0.6) is 0 Å². The standard InChI is InChI=1S/C11H14BrN3O3/c1-3-18-9(16)6-15-10-8(13-11(15)17)4-7(12)5-14(10)2/h4H,3,5-6H2,1-2H3,(H,13,17). The normalized spacial score (nSPS) is 14.2. The number of hydrogen-bond acceptors (Lipinski definition) is 4. The van der Waals surface area contributed by atoms with Crippen molar-refractivity contribution in [1.82, 2.24) is 9.55 Å². The van der Waals surface area contributed by atoms with Crippen LogP contribution in [0.15, 0.2) is 9.28 Å². The molecule has 0 bridgehead atoms. The lowest BCUT2D eigenvalue weighted by molar-refractivity contribution is -0.143. The smallest absolute Gasteiger partial charge is 0.328 e. The lowest BCUT2D eigenvalue weighted by atomic mass is 10.3. The van der Waals surface area contributed by atoms with Crippen molar-refractivity contribution in [2.24, 2.45) is 0 Å². The van der Waals surface area contributed by atoms with E-state index in [1.54, 1.807) is 6.92 Å². The van der Waals surface area contributed by atoms with Crippen molar-refractivity contribution in [2.45, 2.75) is 13.5 Å². The van der Waals surface area contributed by atoms with Gasteiger partial charge in [-0.3, -0.25) is 9.36 Å². The maximum atomic E-state index is 11.8. The van der Waals surface area contributed by atoms with Gasteiger partial charge in [0.15, 0.2) is 0 Å². The van der Waals surface area contributed by atoms with E-state index in [1.165, 1.54) is 4.57 Å². The Hall–Kier alpha value is -1.50. The Bertz CT molecular complexity index is 558. The van der Waals surface area contributed by atoms with Gasteiger partial charge in [-0.25, -0.2) is 4.79 Å². The van der Waals surface area contributed by atoms with Crippen LogP contribution in [0, 0.1) is 0 Å². The highest BCUT2D eigenvalue weighted by Crippen LogP contribution is 2.27. The zero-order valence-electron chi connectivity index (χ0n) is 10.2. The van der Waals surface area contributed by atoms with E-state index in [4.69, 9.17) is 4.74 Å². The van der Waals surface area contributed by atoms with Crippen molar-refractivity contribution >= 4 is 33.8 Å². The molecule has 0 aromatic carbocycles. The van der Waals surface area contributed by atoms with Crippen molar-refractivity contribution in [3.05, 3.63) is 20.7 Å². The van der Waals surface area contributed by atoms with E-state index in [1.807, 2.05) is 18.0 Å². The fourth-order valence-corrected chi connectivity index (χ4v) is 2.58. The van der Waals surface area contributed by atoms with E-state index in [2.05, 4.69) is 20.9 Å². The molecule has 0 spiro atoms. The second-order valence-electron chi connectivity index (χ2n) is 4.01. The molecule has 2 heterocycles. The number of hydrogen-bond donors (Lipinski definition) is 1. The van der Waals surface area contributed by atoms with E-state index in [0.29, 0.717) is 24.7 Å². The van der Waals surface area contributed by atoms with E-state index < -0.39 is 5.97 Å². The summed E-state index contributed by atoms with van der Waals surface area (Å²) in [5.74, 6) is 0.291. The van der Waals surface area contributed by atoms with Gasteiger partial charge in [0.05, 0.1) is 18.8 Å². The third kappa shape index (κ3) is 2.35. The number of fused-ring (bicyclic) bond motifs is 1. The minimum atomic E-state index is -0.414. The fraction of sp³-hybridized carbons (Fsp3) is 0.455. The van der Waals surface area contributed by atoms with E-state index in [9.17, 15) is 9.59 Å². The van der Waals surface area contributed by atoms with Gasteiger partial charge >= 0.3 is 11.7 Å². The number of imidazole rings is 1. The third-order valence-electron chi connectivity index (χ3n) is 2.63. The summed E-state index contributed by atoms with van der Waals surface area (Å²) in [4.78, 5) is 27.9. The second-order valence-corrected chi connectivity index (χ2v) is 5.02. The van der Waals surface area contributed by atoms with Crippen LogP contribution in [0.2, 0.25) is 0 Å². The Morgan fingerprint density at radius 3 is 3.00 bits per heavy atom. The third-order valence-corrected chi connectivity index (χ3v) is 3.11. The van der Waals surface area contributed by atoms with Gasteiger partial charge in [-0.2, -0.15) is 0 Å². The largest absolute Gasteiger partial charge is 0.465 e. The summed E-state index contributed by atoms with van der Waals surface area (Å²) in [7, 11) is 1.86. The lowest BCUT2D eigenvalue weighted by Gasteiger charge is -2.24. The van der Waals surface area contributed by atoms with Crippen LogP contribution in [0.3, 0.4) is 0 Å². The molecule has 0 saturated heterocycles. The number of ether oxygens (including phenoxy) is 1. The number of nitrogens with zero attached hydrogens (tertiary/aromatic N) is 2. The highest BCUT2D eigenvalue weighted by molar-refractivity contribution is 9.11. The van der Waals surface area contributed by atoms with Crippen molar-refractivity contribution in [2.75, 3.05) is 25.1 Å². The average Bonchev–Trinajstić information content (AvgIpc) is 2.55. The summed E-state index contributed by atoms with van der Waals surface area (Å²) >= 11 is 3.40. The molecule has 0 radical (unpaired) electrons. The van der Waals surface area contributed by atoms with Gasteiger partial charge in [0, 0.05) is 11.5 Å². The number of H-pyrrole nitrogens is 1. The van der Waals surface area contributed by atoms with Crippen LogP contribution in [0.25, 0.3) is 6.08 Å². The first-order valence-corrected chi connectivity index (χ1v) is 6.38. The number of rotatable bonds is 3. The Morgan fingerprint density at radius 1 is 1.61 bits per heavy atom. The molecule has 18 heavy (non-hydrogen) atoms. The predicted octanol–water partition coefficient (Wildman–Crippen LogP) is 0.925. The van der Waals surface area contributed by atoms with E-state index in [-0.39, 0.29) is 12.2 Å². The van der Waals surface area contributed by atoms with Crippen molar-refractivity contribution in [3.63, 3.8) is 0 Å². The van der Waals surface area contributed by atoms with Gasteiger partial charge in [-0.05, 0) is 13.0 Å². The number of halogens is 1. The van der Waals surface area contributed by atoms with Crippen LogP contribution >= 0.6 is 15.9 Å². The average molecular weight is 316 g/mol. The van der Waals surface area contributed by atoms with Gasteiger partial charge < -0.3 is 14.6 Å². The zero-order chi connectivity index (χ0) is 13.3. The number of aromatic amines is 1. The first-order chi connectivity index (χ1) is 8.52. The quantitative estimate of drug-likeness (QED) is 0.842. The molecule has 0 unspecified atom stereocenters. The molecule has 1 aliphatic rings. The SMILES string of the molecule is CCOC(=O)Cn1c2c([nH]c1=O)C=C(Br)CN2C. The van der Waals surface area contributed by atoms with Gasteiger partial charge in [0.1, 0.15) is 12.4 Å². The first-order valence-electron chi connectivity index (χ1n) is 5.58. The van der Waals surface area contributed by atoms with Gasteiger partial charge in [-0.15, -0.1) is 0 Å². The highest BCUT2D eigenvalue weighted by atomic mass is 79.9. The summed E-state index contributed by atoms with van der Waals surface area (Å²) in [6.45, 7) is 2.63. The Balaban J connectivity index is 2.38. The van der Waals surface area contributed by atoms with Crippen LogP contribution in [0.1, 0.15) is 12.6 Å². The molecule has 98 valence electrons. The van der Waals surface area contributed by atoms with Gasteiger partial charge in [-0.1, -0.05) is 15.9 Å². The summed E-state index contributed by atoms with van der Waals surface area (Å²) in [5.41, 5.74) is 0.392. The fourth-order valence-electron chi connectivity index (χ4n) is 1.98. The maximum absolute atomic E-state index is 11.8. The van der Waals surface area contributed by atoms with Crippen molar-refractivity contribution < 1.29 is 9.53 Å². The molecule has 1 N–H and O–H groups in total. The Kier molecular flexibility index (Phi) is 3.60. The minimum absolute atomic E-state index is 0.0751. The number of nitrogens with one attached hydrogen (secondary N) is 1. The van der Waals surface area contributed by atoms with Crippen molar-refractivity contribution in [1.29, 1.82) is 0 Å². The molecule has 1 aromatic heterocycles. The minimum Gasteiger partial charge on any atom is -0.465 e. The van der Waals surface area contributed by atoms with Crippen LogP contribution < -0.4 is 10.6 Å². The Labute approximate surface area is 112 Å². The summed E-state index contributed by atoms with van der Waals surface area (Å²) < 4.78 is 7.23. The molecule has 7 heteroatoms. The predicted molar refractivity (Wildman–Crippen MR) is 71.9 cm³/mol. The first kappa shape index (κ1) is 12.9. The molecule has 6 nitrogen and oxygen atoms in total. The molecular weight excluding hydrogens is 302 g/mol. The number of aromatic nitrogens is 2. The molecule has 1 aliphatic heterocycles. The number of anilines is 1. The molecule has 2 rings (SSSR count). The number of carbonyl (C=O) groups is 1.